The van der Waals surface area contributed by atoms with E-state index in [4.69, 9.17) is 10.8 Å². The minimum atomic E-state index is -1.09. The molecular formula is C7H9N3O2S. The maximum Gasteiger partial charge on any atom is 0.341 e. The van der Waals surface area contributed by atoms with Crippen LogP contribution >= 0.6 is 11.8 Å². The van der Waals surface area contributed by atoms with E-state index in [-0.39, 0.29) is 11.4 Å². The molecule has 13 heavy (non-hydrogen) atoms. The van der Waals surface area contributed by atoms with Gasteiger partial charge in [0.05, 0.1) is 5.69 Å². The van der Waals surface area contributed by atoms with Crippen molar-refractivity contribution < 1.29 is 9.90 Å². The summed E-state index contributed by atoms with van der Waals surface area (Å²) in [6, 6.07) is 0. The van der Waals surface area contributed by atoms with E-state index < -0.39 is 5.97 Å². The molecule has 5 nitrogen and oxygen atoms in total. The molecule has 0 aliphatic carbocycles. The van der Waals surface area contributed by atoms with Crippen LogP contribution in [0.15, 0.2) is 5.16 Å². The van der Waals surface area contributed by atoms with Crippen molar-refractivity contribution in [3.63, 3.8) is 0 Å². The van der Waals surface area contributed by atoms with Crippen LogP contribution in [0.5, 0.6) is 0 Å². The van der Waals surface area contributed by atoms with Gasteiger partial charge in [-0.05, 0) is 13.2 Å². The van der Waals surface area contributed by atoms with Crippen LogP contribution in [0.3, 0.4) is 0 Å². The topological polar surface area (TPSA) is 89.1 Å². The number of aryl methyl sites for hydroxylation is 1. The van der Waals surface area contributed by atoms with Crippen molar-refractivity contribution in [1.29, 1.82) is 0 Å². The van der Waals surface area contributed by atoms with Crippen LogP contribution in [0.4, 0.5) is 5.82 Å². The zero-order chi connectivity index (χ0) is 10.0. The highest BCUT2D eigenvalue weighted by atomic mass is 32.2. The molecule has 0 saturated heterocycles. The lowest BCUT2D eigenvalue weighted by Crippen LogP contribution is -2.09. The molecule has 6 heteroatoms. The quantitative estimate of drug-likeness (QED) is 0.540. The number of hydrogen-bond donors (Lipinski definition) is 2. The molecule has 1 aromatic rings. The Morgan fingerprint density at radius 2 is 2.15 bits per heavy atom. The lowest BCUT2D eigenvalue weighted by atomic mass is 10.2. The maximum absolute atomic E-state index is 10.7. The fourth-order valence-electron chi connectivity index (χ4n) is 0.924. The molecule has 1 heterocycles. The number of anilines is 1. The van der Waals surface area contributed by atoms with Gasteiger partial charge in [-0.3, -0.25) is 0 Å². The molecule has 0 aliphatic heterocycles. The summed E-state index contributed by atoms with van der Waals surface area (Å²) in [5.74, 6) is -1.08. The van der Waals surface area contributed by atoms with E-state index in [2.05, 4.69) is 9.97 Å². The maximum atomic E-state index is 10.7. The Kier molecular flexibility index (Phi) is 2.72. The van der Waals surface area contributed by atoms with Crippen LogP contribution in [0.2, 0.25) is 0 Å². The molecule has 0 aromatic carbocycles. The smallest absolute Gasteiger partial charge is 0.341 e. The van der Waals surface area contributed by atoms with E-state index in [0.717, 1.165) is 0 Å². The third-order valence-corrected chi connectivity index (χ3v) is 2.04. The molecule has 0 aliphatic rings. The van der Waals surface area contributed by atoms with Gasteiger partial charge >= 0.3 is 5.97 Å². The Morgan fingerprint density at radius 1 is 1.54 bits per heavy atom. The third-order valence-electron chi connectivity index (χ3n) is 1.49. The SMILES string of the molecule is CSc1nc(C)c(C(=O)O)c(N)n1. The number of carboxylic acids is 1. The average Bonchev–Trinajstić information content (AvgIpc) is 2.02. The first-order valence-electron chi connectivity index (χ1n) is 3.47. The summed E-state index contributed by atoms with van der Waals surface area (Å²) < 4.78 is 0. The standard InChI is InChI=1S/C7H9N3O2S/c1-3-4(6(11)12)5(8)10-7(9-3)13-2/h1-2H3,(H,11,12)(H2,8,9,10). The number of nitrogen functional groups attached to an aromatic ring is 1. The fourth-order valence-corrected chi connectivity index (χ4v) is 1.34. The van der Waals surface area contributed by atoms with Crippen molar-refractivity contribution in [2.24, 2.45) is 0 Å². The molecule has 1 rings (SSSR count). The second-order valence-corrected chi connectivity index (χ2v) is 3.13. The van der Waals surface area contributed by atoms with Gasteiger partial charge in [0, 0.05) is 0 Å². The lowest BCUT2D eigenvalue weighted by molar-refractivity contribution is 0.0696. The minimum Gasteiger partial charge on any atom is -0.477 e. The minimum absolute atomic E-state index is 0.0159. The van der Waals surface area contributed by atoms with Crippen LogP contribution in [0.25, 0.3) is 0 Å². The van der Waals surface area contributed by atoms with Crippen molar-refractivity contribution >= 4 is 23.5 Å². The summed E-state index contributed by atoms with van der Waals surface area (Å²) >= 11 is 1.32. The molecule has 0 unspecified atom stereocenters. The Morgan fingerprint density at radius 3 is 2.54 bits per heavy atom. The van der Waals surface area contributed by atoms with Crippen molar-refractivity contribution in [1.82, 2.24) is 9.97 Å². The molecule has 0 bridgehead atoms. The van der Waals surface area contributed by atoms with Gasteiger partial charge in [-0.15, -0.1) is 0 Å². The summed E-state index contributed by atoms with van der Waals surface area (Å²) in [5.41, 5.74) is 5.83. The molecular weight excluding hydrogens is 190 g/mol. The largest absolute Gasteiger partial charge is 0.477 e. The first-order valence-corrected chi connectivity index (χ1v) is 4.70. The predicted molar refractivity (Wildman–Crippen MR) is 49.9 cm³/mol. The summed E-state index contributed by atoms with van der Waals surface area (Å²) in [4.78, 5) is 18.5. The van der Waals surface area contributed by atoms with E-state index in [1.165, 1.54) is 11.8 Å². The van der Waals surface area contributed by atoms with Gasteiger partial charge in [0.1, 0.15) is 11.4 Å². The number of nitrogens with two attached hydrogens (primary N) is 1. The van der Waals surface area contributed by atoms with E-state index >= 15 is 0 Å². The van der Waals surface area contributed by atoms with Crippen LogP contribution in [0.1, 0.15) is 16.1 Å². The van der Waals surface area contributed by atoms with Gasteiger partial charge in [-0.25, -0.2) is 14.8 Å². The number of hydrogen-bond acceptors (Lipinski definition) is 5. The lowest BCUT2D eigenvalue weighted by Gasteiger charge is -2.04. The number of nitrogens with zero attached hydrogens (tertiary/aromatic N) is 2. The van der Waals surface area contributed by atoms with E-state index in [9.17, 15) is 4.79 Å². The molecule has 0 radical (unpaired) electrons. The number of thioether (sulfide) groups is 1. The van der Waals surface area contributed by atoms with Gasteiger partial charge in [-0.1, -0.05) is 11.8 Å². The van der Waals surface area contributed by atoms with Crippen molar-refractivity contribution in [3.05, 3.63) is 11.3 Å². The van der Waals surface area contributed by atoms with Crippen LogP contribution in [-0.2, 0) is 0 Å². The predicted octanol–water partition coefficient (Wildman–Crippen LogP) is 0.787. The summed E-state index contributed by atoms with van der Waals surface area (Å²) in [6.07, 6.45) is 1.80. The Hall–Kier alpha value is -1.30. The Bertz CT molecular complexity index is 331. The van der Waals surface area contributed by atoms with Gasteiger partial charge in [0.2, 0.25) is 0 Å². The normalized spacial score (nSPS) is 10.0. The van der Waals surface area contributed by atoms with Gasteiger partial charge in [0.25, 0.3) is 0 Å². The molecule has 0 fully saturated rings. The van der Waals surface area contributed by atoms with E-state index in [1.54, 1.807) is 13.2 Å². The molecule has 0 spiro atoms. The van der Waals surface area contributed by atoms with Crippen molar-refractivity contribution in [3.8, 4) is 0 Å². The second-order valence-electron chi connectivity index (χ2n) is 2.36. The highest BCUT2D eigenvalue weighted by Crippen LogP contribution is 2.17. The second kappa shape index (κ2) is 3.61. The fraction of sp³-hybridized carbons (Fsp3) is 0.286. The van der Waals surface area contributed by atoms with Gasteiger partial charge in [-0.2, -0.15) is 0 Å². The molecule has 3 N–H and O–H groups in total. The van der Waals surface area contributed by atoms with Crippen LogP contribution < -0.4 is 5.73 Å². The number of carbonyl (C=O) groups is 1. The monoisotopic (exact) mass is 199 g/mol. The van der Waals surface area contributed by atoms with Crippen molar-refractivity contribution in [2.45, 2.75) is 12.1 Å². The first-order chi connectivity index (χ1) is 6.06. The summed E-state index contributed by atoms with van der Waals surface area (Å²) in [5, 5.41) is 9.23. The zero-order valence-corrected chi connectivity index (χ0v) is 8.05. The summed E-state index contributed by atoms with van der Waals surface area (Å²) in [7, 11) is 0. The van der Waals surface area contributed by atoms with Crippen molar-refractivity contribution in [2.75, 3.05) is 12.0 Å². The molecule has 0 saturated carbocycles. The molecule has 0 amide bonds. The Labute approximate surface area is 79.4 Å². The number of aromatic carboxylic acids is 1. The van der Waals surface area contributed by atoms with Gasteiger partial charge < -0.3 is 10.8 Å². The molecule has 0 atom stereocenters. The number of carboxylic acid groups (broad SMARTS) is 1. The third kappa shape index (κ3) is 1.89. The first kappa shape index (κ1) is 9.79. The number of rotatable bonds is 2. The highest BCUT2D eigenvalue weighted by Gasteiger charge is 2.14. The van der Waals surface area contributed by atoms with Crippen LogP contribution in [-0.4, -0.2) is 27.3 Å². The van der Waals surface area contributed by atoms with E-state index in [0.29, 0.717) is 10.9 Å². The van der Waals surface area contributed by atoms with E-state index in [1.807, 2.05) is 0 Å². The number of aromatic nitrogens is 2. The average molecular weight is 199 g/mol. The van der Waals surface area contributed by atoms with Gasteiger partial charge in [0.15, 0.2) is 5.16 Å². The zero-order valence-electron chi connectivity index (χ0n) is 7.24. The summed E-state index contributed by atoms with van der Waals surface area (Å²) in [6.45, 7) is 1.60. The Balaban J connectivity index is 3.31. The molecule has 1 aromatic heterocycles. The highest BCUT2D eigenvalue weighted by molar-refractivity contribution is 7.98. The van der Waals surface area contributed by atoms with Crippen LogP contribution in [0, 0.1) is 6.92 Å². The molecule has 70 valence electrons.